The van der Waals surface area contributed by atoms with Crippen LogP contribution in [0.1, 0.15) is 0 Å². The third kappa shape index (κ3) is 6.05. The van der Waals surface area contributed by atoms with Gasteiger partial charge in [0, 0.05) is 23.0 Å². The van der Waals surface area contributed by atoms with Crippen LogP contribution in [0.5, 0.6) is 0 Å². The maximum Gasteiger partial charge on any atom is 0.322 e. The van der Waals surface area contributed by atoms with Crippen LogP contribution >= 0.6 is 58.2 Å². The van der Waals surface area contributed by atoms with E-state index in [2.05, 4.69) is 5.32 Å². The first-order chi connectivity index (χ1) is 12.6. The van der Waals surface area contributed by atoms with Gasteiger partial charge in [-0.15, -0.1) is 0 Å². The third-order valence-corrected chi connectivity index (χ3v) is 6.05. The van der Waals surface area contributed by atoms with Gasteiger partial charge in [0.15, 0.2) is 0 Å². The molecule has 1 unspecified atom stereocenters. The summed E-state index contributed by atoms with van der Waals surface area (Å²) in [5.74, 6) is 0. The van der Waals surface area contributed by atoms with Crippen LogP contribution in [0.15, 0.2) is 53.4 Å². The average Bonchev–Trinajstić information content (AvgIpc) is 2.59. The van der Waals surface area contributed by atoms with E-state index in [1.807, 2.05) is 0 Å². The summed E-state index contributed by atoms with van der Waals surface area (Å²) in [6.07, 6.45) is 0. The molecule has 0 heterocycles. The molecule has 0 aliphatic carbocycles. The molecule has 0 aromatic heterocycles. The molecule has 2 aromatic rings. The highest BCUT2D eigenvalue weighted by Crippen LogP contribution is 2.42. The third-order valence-electron chi connectivity index (χ3n) is 3.36. The fourth-order valence-electron chi connectivity index (χ4n) is 2.06. The first-order valence-electron chi connectivity index (χ1n) is 7.36. The molecular formula is C16H13Cl4N3O3S. The number of rotatable bonds is 5. The zero-order valence-corrected chi connectivity index (χ0v) is 17.6. The monoisotopic (exact) mass is 467 g/mol. The van der Waals surface area contributed by atoms with E-state index < -0.39 is 20.1 Å². The van der Waals surface area contributed by atoms with E-state index in [4.69, 9.17) is 46.4 Å². The van der Waals surface area contributed by atoms with Crippen molar-refractivity contribution in [3.05, 3.63) is 63.7 Å². The van der Waals surface area contributed by atoms with E-state index in [0.29, 0.717) is 5.02 Å². The smallest absolute Gasteiger partial charge is 0.311 e. The first kappa shape index (κ1) is 21.9. The molecule has 0 fully saturated rings. The minimum Gasteiger partial charge on any atom is -0.311 e. The Labute approximate surface area is 179 Å². The number of nitro groups is 1. The van der Waals surface area contributed by atoms with Crippen molar-refractivity contribution in [1.29, 1.82) is 0 Å². The van der Waals surface area contributed by atoms with Gasteiger partial charge in [-0.3, -0.25) is 10.1 Å². The largest absolute Gasteiger partial charge is 0.322 e. The number of carbonyl (C=O) groups is 1. The van der Waals surface area contributed by atoms with Gasteiger partial charge in [-0.25, -0.2) is 4.79 Å². The molecule has 6 nitrogen and oxygen atoms in total. The van der Waals surface area contributed by atoms with E-state index in [-0.39, 0.29) is 11.4 Å². The van der Waals surface area contributed by atoms with Crippen molar-refractivity contribution in [2.45, 2.75) is 14.1 Å². The Morgan fingerprint density at radius 1 is 1.19 bits per heavy atom. The second-order valence-corrected chi connectivity index (χ2v) is 9.24. The van der Waals surface area contributed by atoms with E-state index in [0.717, 1.165) is 16.7 Å². The van der Waals surface area contributed by atoms with Crippen LogP contribution in [0.2, 0.25) is 5.02 Å². The molecule has 0 bridgehead atoms. The molecule has 2 rings (SSSR count). The molecule has 144 valence electrons. The standard InChI is InChI=1S/C16H13Cl4N3O3S/c1-22(15(24)21-12-4-2-3-5-13(12)23(25)26)14(16(18,19)20)27-11-8-6-10(17)7-9-11/h2-9,14H,1H3,(H,21,24). The van der Waals surface area contributed by atoms with Crippen molar-refractivity contribution in [3.63, 3.8) is 0 Å². The average molecular weight is 469 g/mol. The van der Waals surface area contributed by atoms with Gasteiger partial charge < -0.3 is 10.2 Å². The summed E-state index contributed by atoms with van der Waals surface area (Å²) in [7, 11) is 1.43. The zero-order chi connectivity index (χ0) is 20.2. The molecule has 2 aromatic carbocycles. The van der Waals surface area contributed by atoms with Crippen LogP contribution < -0.4 is 5.32 Å². The summed E-state index contributed by atoms with van der Waals surface area (Å²) < 4.78 is -1.82. The van der Waals surface area contributed by atoms with Crippen molar-refractivity contribution < 1.29 is 9.72 Å². The fraction of sp³-hybridized carbons (Fsp3) is 0.188. The number of benzene rings is 2. The normalized spacial score (nSPS) is 12.3. The lowest BCUT2D eigenvalue weighted by Gasteiger charge is -2.32. The highest BCUT2D eigenvalue weighted by Gasteiger charge is 2.39. The van der Waals surface area contributed by atoms with E-state index >= 15 is 0 Å². The Hall–Kier alpha value is -1.38. The summed E-state index contributed by atoms with van der Waals surface area (Å²) in [4.78, 5) is 25.0. The summed E-state index contributed by atoms with van der Waals surface area (Å²) in [5, 5.41) is 13.2. The van der Waals surface area contributed by atoms with Gasteiger partial charge in [-0.2, -0.15) is 0 Å². The number of nitrogens with zero attached hydrogens (tertiary/aromatic N) is 2. The first-order valence-corrected chi connectivity index (χ1v) is 9.75. The number of nitrogens with one attached hydrogen (secondary N) is 1. The number of para-hydroxylation sites is 2. The number of halogens is 4. The summed E-state index contributed by atoms with van der Waals surface area (Å²) in [5.41, 5.74) is -0.200. The SMILES string of the molecule is CN(C(=O)Nc1ccccc1[N+](=O)[O-])C(Sc1ccc(Cl)cc1)C(Cl)(Cl)Cl. The second kappa shape index (κ2) is 9.21. The zero-order valence-electron chi connectivity index (χ0n) is 13.7. The summed E-state index contributed by atoms with van der Waals surface area (Å²) in [6, 6.07) is 11.9. The fourth-order valence-corrected chi connectivity index (χ4v) is 3.96. The lowest BCUT2D eigenvalue weighted by molar-refractivity contribution is -0.383. The quantitative estimate of drug-likeness (QED) is 0.186. The van der Waals surface area contributed by atoms with Crippen LogP contribution in [0.4, 0.5) is 16.2 Å². The Balaban J connectivity index is 2.22. The molecule has 0 aliphatic rings. The Kier molecular flexibility index (Phi) is 7.47. The molecular weight excluding hydrogens is 456 g/mol. The van der Waals surface area contributed by atoms with E-state index in [1.165, 1.54) is 30.1 Å². The molecule has 0 radical (unpaired) electrons. The van der Waals surface area contributed by atoms with Crippen molar-refractivity contribution in [2.75, 3.05) is 12.4 Å². The van der Waals surface area contributed by atoms with Gasteiger partial charge in [0.05, 0.1) is 4.92 Å². The lowest BCUT2D eigenvalue weighted by Crippen LogP contribution is -2.44. The molecule has 11 heteroatoms. The number of alkyl halides is 3. The Morgan fingerprint density at radius 3 is 2.33 bits per heavy atom. The van der Waals surface area contributed by atoms with Crippen LogP contribution in [-0.4, -0.2) is 32.1 Å². The van der Waals surface area contributed by atoms with Gasteiger partial charge in [-0.1, -0.05) is 70.3 Å². The van der Waals surface area contributed by atoms with Crippen molar-refractivity contribution >= 4 is 75.6 Å². The lowest BCUT2D eigenvalue weighted by atomic mass is 10.3. The topological polar surface area (TPSA) is 75.5 Å². The molecule has 0 saturated carbocycles. The van der Waals surface area contributed by atoms with Gasteiger partial charge in [0.25, 0.3) is 5.69 Å². The highest BCUT2D eigenvalue weighted by molar-refractivity contribution is 8.00. The van der Waals surface area contributed by atoms with E-state index in [9.17, 15) is 14.9 Å². The molecule has 1 atom stereocenters. The molecule has 0 spiro atoms. The summed E-state index contributed by atoms with van der Waals surface area (Å²) in [6.45, 7) is 0. The number of nitro benzene ring substituents is 1. The number of hydrogen-bond donors (Lipinski definition) is 1. The maximum atomic E-state index is 12.6. The predicted octanol–water partition coefficient (Wildman–Crippen LogP) is 6.20. The van der Waals surface area contributed by atoms with Gasteiger partial charge in [0.1, 0.15) is 11.1 Å². The molecule has 0 aliphatic heterocycles. The van der Waals surface area contributed by atoms with Crippen LogP contribution in [-0.2, 0) is 0 Å². The molecule has 0 saturated heterocycles. The Morgan fingerprint density at radius 2 is 1.78 bits per heavy atom. The number of urea groups is 1. The Bertz CT molecular complexity index is 830. The van der Waals surface area contributed by atoms with Gasteiger partial charge >= 0.3 is 6.03 Å². The second-order valence-electron chi connectivity index (χ2n) is 5.28. The van der Waals surface area contributed by atoms with Crippen LogP contribution in [0.3, 0.4) is 0 Å². The van der Waals surface area contributed by atoms with Crippen LogP contribution in [0, 0.1) is 10.1 Å². The van der Waals surface area contributed by atoms with Gasteiger partial charge in [-0.05, 0) is 30.3 Å². The van der Waals surface area contributed by atoms with Crippen molar-refractivity contribution in [2.24, 2.45) is 0 Å². The van der Waals surface area contributed by atoms with Gasteiger partial charge in [0.2, 0.25) is 3.79 Å². The molecule has 1 N–H and O–H groups in total. The number of carbonyl (C=O) groups excluding carboxylic acids is 1. The molecule has 27 heavy (non-hydrogen) atoms. The molecule has 2 amide bonds. The minimum absolute atomic E-state index is 0.0407. The number of thioether (sulfide) groups is 1. The van der Waals surface area contributed by atoms with Crippen LogP contribution in [0.25, 0.3) is 0 Å². The number of anilines is 1. The minimum atomic E-state index is -1.82. The van der Waals surface area contributed by atoms with Crippen molar-refractivity contribution in [3.8, 4) is 0 Å². The maximum absolute atomic E-state index is 12.6. The van der Waals surface area contributed by atoms with Crippen molar-refractivity contribution in [1.82, 2.24) is 4.90 Å². The summed E-state index contributed by atoms with van der Waals surface area (Å²) >= 11 is 25.2. The van der Waals surface area contributed by atoms with E-state index in [1.54, 1.807) is 30.3 Å². The highest BCUT2D eigenvalue weighted by atomic mass is 35.6. The predicted molar refractivity (Wildman–Crippen MR) is 111 cm³/mol. The number of amides is 2. The number of hydrogen-bond acceptors (Lipinski definition) is 4.